The van der Waals surface area contributed by atoms with Crippen LogP contribution in [0.5, 0.6) is 0 Å². The predicted molar refractivity (Wildman–Crippen MR) is 71.1 cm³/mol. The smallest absolute Gasteiger partial charge is 0.407 e. The fourth-order valence-electron chi connectivity index (χ4n) is 2.17. The molecule has 1 heterocycles. The van der Waals surface area contributed by atoms with Crippen molar-refractivity contribution in [3.63, 3.8) is 0 Å². The number of hydrogen-bond acceptors (Lipinski definition) is 5. The average molecular weight is 294 g/mol. The molecular weight excluding hydrogens is 280 g/mol. The van der Waals surface area contributed by atoms with Crippen LogP contribution in [0.4, 0.5) is 10.5 Å². The van der Waals surface area contributed by atoms with E-state index in [1.54, 1.807) is 6.92 Å². The van der Waals surface area contributed by atoms with Crippen LogP contribution in [0.3, 0.4) is 0 Å². The van der Waals surface area contributed by atoms with Crippen LogP contribution in [0.15, 0.2) is 24.3 Å². The fourth-order valence-corrected chi connectivity index (χ4v) is 2.17. The van der Waals surface area contributed by atoms with E-state index in [1.807, 2.05) is 0 Å². The second-order valence-electron chi connectivity index (χ2n) is 4.91. The first-order valence-corrected chi connectivity index (χ1v) is 6.32. The van der Waals surface area contributed by atoms with E-state index < -0.39 is 23.1 Å². The van der Waals surface area contributed by atoms with Crippen LogP contribution in [-0.2, 0) is 4.74 Å². The van der Waals surface area contributed by atoms with Gasteiger partial charge in [-0.05, 0) is 12.1 Å². The Balaban J connectivity index is 2.01. The third-order valence-electron chi connectivity index (χ3n) is 3.39. The number of hydrogen-bond donors (Lipinski definition) is 1. The van der Waals surface area contributed by atoms with Gasteiger partial charge in [-0.1, -0.05) is 6.92 Å². The van der Waals surface area contributed by atoms with Gasteiger partial charge in [0.15, 0.2) is 0 Å². The highest BCUT2D eigenvalue weighted by Gasteiger charge is 2.35. The van der Waals surface area contributed by atoms with E-state index in [-0.39, 0.29) is 23.7 Å². The SMILES string of the molecule is CC1CN(C(=O)O)CC1OC(=O)c1ccc([N+](=O)[O-])cc1. The number of amides is 1. The van der Waals surface area contributed by atoms with Gasteiger partial charge < -0.3 is 14.7 Å². The Kier molecular flexibility index (Phi) is 4.06. The van der Waals surface area contributed by atoms with Crippen molar-refractivity contribution in [3.8, 4) is 0 Å². The van der Waals surface area contributed by atoms with Gasteiger partial charge >= 0.3 is 12.1 Å². The minimum atomic E-state index is -1.05. The summed E-state index contributed by atoms with van der Waals surface area (Å²) in [5.41, 5.74) is 0.0828. The summed E-state index contributed by atoms with van der Waals surface area (Å²) in [4.78, 5) is 34.0. The summed E-state index contributed by atoms with van der Waals surface area (Å²) in [5.74, 6) is -0.711. The zero-order valence-electron chi connectivity index (χ0n) is 11.3. The van der Waals surface area contributed by atoms with Gasteiger partial charge in [-0.3, -0.25) is 10.1 Å². The van der Waals surface area contributed by atoms with E-state index in [1.165, 1.54) is 29.2 Å². The number of non-ortho nitro benzene ring substituents is 1. The maximum Gasteiger partial charge on any atom is 0.407 e. The van der Waals surface area contributed by atoms with Crippen molar-refractivity contribution in [3.05, 3.63) is 39.9 Å². The molecule has 8 heteroatoms. The molecule has 0 saturated carbocycles. The number of carbonyl (C=O) groups is 2. The molecule has 1 aromatic rings. The summed E-state index contributed by atoms with van der Waals surface area (Å²) >= 11 is 0. The van der Waals surface area contributed by atoms with E-state index >= 15 is 0 Å². The number of rotatable bonds is 3. The number of carboxylic acid groups (broad SMARTS) is 1. The topological polar surface area (TPSA) is 110 Å². The van der Waals surface area contributed by atoms with Crippen LogP contribution in [0.25, 0.3) is 0 Å². The molecule has 1 fully saturated rings. The first kappa shape index (κ1) is 14.8. The van der Waals surface area contributed by atoms with Crippen molar-refractivity contribution in [1.29, 1.82) is 0 Å². The molecule has 1 N–H and O–H groups in total. The average Bonchev–Trinajstić information content (AvgIpc) is 2.80. The van der Waals surface area contributed by atoms with Crippen molar-refractivity contribution in [2.24, 2.45) is 5.92 Å². The van der Waals surface area contributed by atoms with Crippen LogP contribution in [0, 0.1) is 16.0 Å². The summed E-state index contributed by atoms with van der Waals surface area (Å²) < 4.78 is 5.28. The fraction of sp³-hybridized carbons (Fsp3) is 0.385. The molecule has 8 nitrogen and oxygen atoms in total. The standard InChI is InChI=1S/C13H14N2O6/c1-8-6-14(13(17)18)7-11(8)21-12(16)9-2-4-10(5-3-9)15(19)20/h2-5,8,11H,6-7H2,1H3,(H,17,18). The van der Waals surface area contributed by atoms with Crippen LogP contribution >= 0.6 is 0 Å². The third kappa shape index (κ3) is 3.28. The van der Waals surface area contributed by atoms with Gasteiger partial charge in [0.1, 0.15) is 6.10 Å². The Morgan fingerprint density at radius 1 is 1.33 bits per heavy atom. The minimum Gasteiger partial charge on any atom is -0.465 e. The Morgan fingerprint density at radius 2 is 1.95 bits per heavy atom. The van der Waals surface area contributed by atoms with E-state index in [9.17, 15) is 19.7 Å². The summed E-state index contributed by atoms with van der Waals surface area (Å²) in [6.45, 7) is 2.25. The number of ether oxygens (including phenoxy) is 1. The van der Waals surface area contributed by atoms with Gasteiger partial charge in [-0.25, -0.2) is 9.59 Å². The van der Waals surface area contributed by atoms with Crippen molar-refractivity contribution in [1.82, 2.24) is 4.90 Å². The summed E-state index contributed by atoms with van der Waals surface area (Å²) in [6, 6.07) is 5.07. The molecule has 1 aromatic carbocycles. The van der Waals surface area contributed by atoms with Crippen molar-refractivity contribution in [2.45, 2.75) is 13.0 Å². The molecule has 2 rings (SSSR count). The van der Waals surface area contributed by atoms with Gasteiger partial charge in [-0.15, -0.1) is 0 Å². The minimum absolute atomic E-state index is 0.0944. The highest BCUT2D eigenvalue weighted by atomic mass is 16.6. The lowest BCUT2D eigenvalue weighted by atomic mass is 10.1. The van der Waals surface area contributed by atoms with Crippen molar-refractivity contribution in [2.75, 3.05) is 13.1 Å². The van der Waals surface area contributed by atoms with Crippen molar-refractivity contribution >= 4 is 17.7 Å². The zero-order valence-corrected chi connectivity index (χ0v) is 11.3. The molecule has 0 aromatic heterocycles. The maximum absolute atomic E-state index is 11.9. The van der Waals surface area contributed by atoms with Crippen LogP contribution in [0.2, 0.25) is 0 Å². The monoisotopic (exact) mass is 294 g/mol. The first-order valence-electron chi connectivity index (χ1n) is 6.32. The molecule has 1 aliphatic heterocycles. The number of likely N-dealkylation sites (tertiary alicyclic amines) is 1. The van der Waals surface area contributed by atoms with E-state index in [0.29, 0.717) is 6.54 Å². The number of carbonyl (C=O) groups excluding carboxylic acids is 1. The summed E-state index contributed by atoms with van der Waals surface area (Å²) in [5, 5.41) is 19.4. The summed E-state index contributed by atoms with van der Waals surface area (Å²) in [6.07, 6.45) is -1.56. The maximum atomic E-state index is 11.9. The molecule has 2 unspecified atom stereocenters. The van der Waals surface area contributed by atoms with Gasteiger partial charge in [0, 0.05) is 24.6 Å². The largest absolute Gasteiger partial charge is 0.465 e. The van der Waals surface area contributed by atoms with Crippen LogP contribution in [0.1, 0.15) is 17.3 Å². The second kappa shape index (κ2) is 5.78. The summed E-state index contributed by atoms with van der Waals surface area (Å²) in [7, 11) is 0. The highest BCUT2D eigenvalue weighted by molar-refractivity contribution is 5.89. The number of esters is 1. The number of nitro benzene ring substituents is 1. The molecule has 0 bridgehead atoms. The van der Waals surface area contributed by atoms with E-state index in [0.717, 1.165) is 0 Å². The Morgan fingerprint density at radius 3 is 2.43 bits per heavy atom. The lowest BCUT2D eigenvalue weighted by molar-refractivity contribution is -0.384. The lowest BCUT2D eigenvalue weighted by Gasteiger charge is -2.15. The molecule has 21 heavy (non-hydrogen) atoms. The Bertz CT molecular complexity index is 571. The molecular formula is C13H14N2O6. The van der Waals surface area contributed by atoms with Gasteiger partial charge in [0.2, 0.25) is 0 Å². The predicted octanol–water partition coefficient (Wildman–Crippen LogP) is 1.75. The molecule has 1 aliphatic rings. The third-order valence-corrected chi connectivity index (χ3v) is 3.39. The van der Waals surface area contributed by atoms with Gasteiger partial charge in [0.05, 0.1) is 17.0 Å². The molecule has 0 spiro atoms. The molecule has 2 atom stereocenters. The lowest BCUT2D eigenvalue weighted by Crippen LogP contribution is -2.29. The number of nitro groups is 1. The first-order chi connectivity index (χ1) is 9.88. The zero-order chi connectivity index (χ0) is 15.6. The molecule has 0 radical (unpaired) electrons. The van der Waals surface area contributed by atoms with E-state index in [4.69, 9.17) is 9.84 Å². The highest BCUT2D eigenvalue weighted by Crippen LogP contribution is 2.21. The van der Waals surface area contributed by atoms with Gasteiger partial charge in [0.25, 0.3) is 5.69 Å². The van der Waals surface area contributed by atoms with Crippen LogP contribution in [-0.4, -0.2) is 46.2 Å². The van der Waals surface area contributed by atoms with Crippen LogP contribution < -0.4 is 0 Å². The molecule has 112 valence electrons. The Hall–Kier alpha value is -2.64. The molecule has 1 saturated heterocycles. The van der Waals surface area contributed by atoms with E-state index in [2.05, 4.69) is 0 Å². The molecule has 1 amide bonds. The second-order valence-corrected chi connectivity index (χ2v) is 4.91. The quantitative estimate of drug-likeness (QED) is 0.516. The Labute approximate surface area is 120 Å². The number of benzene rings is 1. The van der Waals surface area contributed by atoms with Gasteiger partial charge in [-0.2, -0.15) is 0 Å². The molecule has 0 aliphatic carbocycles. The normalized spacial score (nSPS) is 21.1. The number of nitrogens with zero attached hydrogens (tertiary/aromatic N) is 2. The van der Waals surface area contributed by atoms with Crippen molar-refractivity contribution < 1.29 is 24.4 Å².